The smallest absolute Gasteiger partial charge is 0.224 e. The number of rotatable bonds is 4. The van der Waals surface area contributed by atoms with Gasteiger partial charge in [0, 0.05) is 17.7 Å². The summed E-state index contributed by atoms with van der Waals surface area (Å²) in [7, 11) is -2.96. The van der Waals surface area contributed by atoms with E-state index >= 15 is 0 Å². The summed E-state index contributed by atoms with van der Waals surface area (Å²) in [6.07, 6.45) is 0.743. The number of hydrogen-bond acceptors (Lipinski definition) is 4. The number of benzene rings is 1. The molecule has 2 rings (SSSR count). The Balaban J connectivity index is 1.95. The van der Waals surface area contributed by atoms with E-state index in [2.05, 4.69) is 5.32 Å². The van der Waals surface area contributed by atoms with Crippen LogP contribution in [0.25, 0.3) is 0 Å². The van der Waals surface area contributed by atoms with Crippen molar-refractivity contribution in [3.8, 4) is 0 Å². The van der Waals surface area contributed by atoms with E-state index in [1.165, 1.54) is 6.92 Å². The summed E-state index contributed by atoms with van der Waals surface area (Å²) < 4.78 is 22.7. The fourth-order valence-corrected chi connectivity index (χ4v) is 4.19. The third-order valence-corrected chi connectivity index (χ3v) is 5.19. The van der Waals surface area contributed by atoms with Crippen LogP contribution < -0.4 is 5.32 Å². The summed E-state index contributed by atoms with van der Waals surface area (Å²) >= 11 is 0. The number of Topliss-reactive ketones (excluding diaryl/α,β-unsaturated/α-hetero) is 1. The third kappa shape index (κ3) is 3.90. The molecule has 5 nitrogen and oxygen atoms in total. The van der Waals surface area contributed by atoms with Crippen molar-refractivity contribution in [1.82, 2.24) is 0 Å². The van der Waals surface area contributed by atoms with E-state index in [1.54, 1.807) is 24.3 Å². The molecule has 1 N–H and O–H groups in total. The van der Waals surface area contributed by atoms with Gasteiger partial charge in [-0.15, -0.1) is 0 Å². The number of ketones is 1. The van der Waals surface area contributed by atoms with Crippen LogP contribution >= 0.6 is 0 Å². The lowest BCUT2D eigenvalue weighted by Crippen LogP contribution is -2.17. The van der Waals surface area contributed by atoms with Crippen LogP contribution in [0.4, 0.5) is 5.69 Å². The molecule has 0 saturated carbocycles. The second kappa shape index (κ2) is 5.75. The van der Waals surface area contributed by atoms with Gasteiger partial charge in [0.05, 0.1) is 11.5 Å². The van der Waals surface area contributed by atoms with Crippen molar-refractivity contribution in [3.63, 3.8) is 0 Å². The Morgan fingerprint density at radius 2 is 2.10 bits per heavy atom. The van der Waals surface area contributed by atoms with E-state index in [0.717, 1.165) is 0 Å². The van der Waals surface area contributed by atoms with Crippen LogP contribution in [0.15, 0.2) is 24.3 Å². The number of anilines is 1. The molecule has 0 aliphatic carbocycles. The van der Waals surface area contributed by atoms with Gasteiger partial charge in [-0.25, -0.2) is 8.42 Å². The van der Waals surface area contributed by atoms with E-state index in [1.807, 2.05) is 0 Å². The molecule has 0 radical (unpaired) electrons. The summed E-state index contributed by atoms with van der Waals surface area (Å²) in [6, 6.07) is 6.70. The van der Waals surface area contributed by atoms with Crippen LogP contribution in [0.5, 0.6) is 0 Å². The van der Waals surface area contributed by atoms with Gasteiger partial charge in [-0.05, 0) is 31.4 Å². The Hall–Kier alpha value is -1.69. The first kappa shape index (κ1) is 14.7. The normalized spacial score (nSPS) is 20.6. The first-order valence-corrected chi connectivity index (χ1v) is 8.29. The lowest BCUT2D eigenvalue weighted by molar-refractivity contribution is -0.116. The van der Waals surface area contributed by atoms with Gasteiger partial charge in [-0.3, -0.25) is 9.59 Å². The molecular weight excluding hydrogens is 278 g/mol. The molecule has 1 saturated heterocycles. The van der Waals surface area contributed by atoms with Crippen LogP contribution in [0.1, 0.15) is 30.1 Å². The van der Waals surface area contributed by atoms with Gasteiger partial charge in [-0.1, -0.05) is 12.1 Å². The zero-order valence-corrected chi connectivity index (χ0v) is 12.1. The number of carbonyl (C=O) groups is 2. The van der Waals surface area contributed by atoms with Crippen molar-refractivity contribution in [3.05, 3.63) is 29.8 Å². The van der Waals surface area contributed by atoms with Crippen molar-refractivity contribution >= 4 is 27.2 Å². The fourth-order valence-electron chi connectivity index (χ4n) is 2.32. The van der Waals surface area contributed by atoms with Gasteiger partial charge in [0.25, 0.3) is 0 Å². The van der Waals surface area contributed by atoms with Crippen LogP contribution in [0.3, 0.4) is 0 Å². The number of carbonyl (C=O) groups excluding carboxylic acids is 2. The van der Waals surface area contributed by atoms with Gasteiger partial charge in [0.15, 0.2) is 15.6 Å². The molecule has 1 atom stereocenters. The van der Waals surface area contributed by atoms with Crippen molar-refractivity contribution in [2.75, 3.05) is 16.8 Å². The molecule has 1 aromatic carbocycles. The number of hydrogen-bond donors (Lipinski definition) is 1. The minimum absolute atomic E-state index is 0.0667. The molecule has 1 amide bonds. The number of amides is 1. The standard InChI is InChI=1S/C14H17NO4S/c1-10(16)12-3-2-4-13(8-12)15-14(17)7-11-5-6-20(18,19)9-11/h2-4,8,11H,5-7,9H2,1H3,(H,15,17)/t11-/m1/s1. The molecule has 6 heteroatoms. The van der Waals surface area contributed by atoms with E-state index in [9.17, 15) is 18.0 Å². The molecule has 108 valence electrons. The molecule has 0 aromatic heterocycles. The highest BCUT2D eigenvalue weighted by Crippen LogP contribution is 2.22. The van der Waals surface area contributed by atoms with Gasteiger partial charge in [0.2, 0.25) is 5.91 Å². The first-order chi connectivity index (χ1) is 9.35. The van der Waals surface area contributed by atoms with Crippen molar-refractivity contribution in [2.24, 2.45) is 5.92 Å². The summed E-state index contributed by atoms with van der Waals surface area (Å²) in [5.74, 6) is -0.120. The Morgan fingerprint density at radius 3 is 2.70 bits per heavy atom. The summed E-state index contributed by atoms with van der Waals surface area (Å²) in [4.78, 5) is 23.1. The molecule has 1 aliphatic heterocycles. The fraction of sp³-hybridized carbons (Fsp3) is 0.429. The highest BCUT2D eigenvalue weighted by Gasteiger charge is 2.29. The number of nitrogens with one attached hydrogen (secondary N) is 1. The van der Waals surface area contributed by atoms with Crippen LogP contribution in [0.2, 0.25) is 0 Å². The molecule has 1 heterocycles. The second-order valence-electron chi connectivity index (χ2n) is 5.16. The van der Waals surface area contributed by atoms with Crippen molar-refractivity contribution in [1.29, 1.82) is 0 Å². The van der Waals surface area contributed by atoms with E-state index in [-0.39, 0.29) is 35.5 Å². The quantitative estimate of drug-likeness (QED) is 0.857. The van der Waals surface area contributed by atoms with Crippen LogP contribution in [0, 0.1) is 5.92 Å². The van der Waals surface area contributed by atoms with E-state index in [4.69, 9.17) is 0 Å². The van der Waals surface area contributed by atoms with Crippen molar-refractivity contribution < 1.29 is 18.0 Å². The highest BCUT2D eigenvalue weighted by atomic mass is 32.2. The Labute approximate surface area is 118 Å². The molecular formula is C14H17NO4S. The SMILES string of the molecule is CC(=O)c1cccc(NC(=O)C[C@H]2CCS(=O)(=O)C2)c1. The average molecular weight is 295 g/mol. The molecule has 0 bridgehead atoms. The Morgan fingerprint density at radius 1 is 1.35 bits per heavy atom. The van der Waals surface area contributed by atoms with Gasteiger partial charge in [0.1, 0.15) is 0 Å². The summed E-state index contributed by atoms with van der Waals surface area (Å²) in [5.41, 5.74) is 1.09. The maximum atomic E-state index is 11.9. The molecule has 1 aromatic rings. The van der Waals surface area contributed by atoms with Gasteiger partial charge in [-0.2, -0.15) is 0 Å². The maximum Gasteiger partial charge on any atom is 0.224 e. The molecule has 20 heavy (non-hydrogen) atoms. The topological polar surface area (TPSA) is 80.3 Å². The van der Waals surface area contributed by atoms with Gasteiger partial charge >= 0.3 is 0 Å². The minimum atomic E-state index is -2.96. The van der Waals surface area contributed by atoms with E-state index in [0.29, 0.717) is 17.7 Å². The first-order valence-electron chi connectivity index (χ1n) is 6.47. The molecule has 0 unspecified atom stereocenters. The minimum Gasteiger partial charge on any atom is -0.326 e. The predicted octanol–water partition coefficient (Wildman–Crippen LogP) is 1.65. The van der Waals surface area contributed by atoms with Crippen LogP contribution in [-0.2, 0) is 14.6 Å². The van der Waals surface area contributed by atoms with Gasteiger partial charge < -0.3 is 5.32 Å². The molecule has 1 aliphatic rings. The van der Waals surface area contributed by atoms with Crippen molar-refractivity contribution in [2.45, 2.75) is 19.8 Å². The predicted molar refractivity (Wildman–Crippen MR) is 76.5 cm³/mol. The largest absolute Gasteiger partial charge is 0.326 e. The molecule has 1 fully saturated rings. The Kier molecular flexibility index (Phi) is 4.23. The lowest BCUT2D eigenvalue weighted by atomic mass is 10.0. The monoisotopic (exact) mass is 295 g/mol. The Bertz CT molecular complexity index is 636. The maximum absolute atomic E-state index is 11.9. The number of sulfone groups is 1. The third-order valence-electron chi connectivity index (χ3n) is 3.35. The summed E-state index contributed by atoms with van der Waals surface area (Å²) in [5, 5.41) is 2.71. The highest BCUT2D eigenvalue weighted by molar-refractivity contribution is 7.91. The lowest BCUT2D eigenvalue weighted by Gasteiger charge is -2.09. The zero-order chi connectivity index (χ0) is 14.8. The van der Waals surface area contributed by atoms with E-state index < -0.39 is 9.84 Å². The second-order valence-corrected chi connectivity index (χ2v) is 7.39. The van der Waals surface area contributed by atoms with Crippen LogP contribution in [-0.4, -0.2) is 31.6 Å². The summed E-state index contributed by atoms with van der Waals surface area (Å²) in [6.45, 7) is 1.46. The zero-order valence-electron chi connectivity index (χ0n) is 11.3. The molecule has 0 spiro atoms. The average Bonchev–Trinajstić information content (AvgIpc) is 2.68.